The molecular formula is C21H23FN2O2. The summed E-state index contributed by atoms with van der Waals surface area (Å²) in [6.07, 6.45) is 1.45. The van der Waals surface area contributed by atoms with E-state index in [4.69, 9.17) is 0 Å². The van der Waals surface area contributed by atoms with Crippen LogP contribution in [0.4, 0.5) is 10.1 Å². The van der Waals surface area contributed by atoms with Crippen LogP contribution in [0.1, 0.15) is 34.3 Å². The molecule has 0 aromatic heterocycles. The van der Waals surface area contributed by atoms with Crippen LogP contribution in [0, 0.1) is 25.6 Å². The van der Waals surface area contributed by atoms with Gasteiger partial charge >= 0.3 is 0 Å². The number of nitrogens with one attached hydrogen (secondary N) is 1. The number of benzene rings is 2. The van der Waals surface area contributed by atoms with Gasteiger partial charge in [0.25, 0.3) is 5.91 Å². The Morgan fingerprint density at radius 1 is 1.12 bits per heavy atom. The van der Waals surface area contributed by atoms with E-state index < -0.39 is 5.82 Å². The highest BCUT2D eigenvalue weighted by molar-refractivity contribution is 5.96. The van der Waals surface area contributed by atoms with Crippen molar-refractivity contribution in [2.45, 2.75) is 26.7 Å². The number of likely N-dealkylation sites (tertiary alicyclic amines) is 1. The minimum absolute atomic E-state index is 0.0582. The molecule has 26 heavy (non-hydrogen) atoms. The largest absolute Gasteiger partial charge is 0.338 e. The van der Waals surface area contributed by atoms with Crippen molar-refractivity contribution in [1.82, 2.24) is 4.90 Å². The lowest BCUT2D eigenvalue weighted by Gasteiger charge is -2.32. The monoisotopic (exact) mass is 354 g/mol. The van der Waals surface area contributed by atoms with Crippen molar-refractivity contribution in [1.29, 1.82) is 0 Å². The molecule has 2 amide bonds. The van der Waals surface area contributed by atoms with E-state index in [9.17, 15) is 14.0 Å². The number of carbonyl (C=O) groups excluding carboxylic acids is 2. The molecule has 0 bridgehead atoms. The number of piperidine rings is 1. The first-order valence-electron chi connectivity index (χ1n) is 8.87. The van der Waals surface area contributed by atoms with Gasteiger partial charge in [0.05, 0.1) is 11.5 Å². The molecule has 1 aliphatic rings. The van der Waals surface area contributed by atoms with Gasteiger partial charge in [0.15, 0.2) is 0 Å². The second kappa shape index (κ2) is 7.68. The number of aryl methyl sites for hydroxylation is 2. The number of carbonyl (C=O) groups is 2. The minimum Gasteiger partial charge on any atom is -0.338 e. The normalized spacial score (nSPS) is 17.0. The fourth-order valence-electron chi connectivity index (χ4n) is 3.47. The van der Waals surface area contributed by atoms with E-state index in [-0.39, 0.29) is 23.3 Å². The number of hydrogen-bond acceptors (Lipinski definition) is 2. The van der Waals surface area contributed by atoms with Crippen LogP contribution in [0.15, 0.2) is 42.5 Å². The maximum absolute atomic E-state index is 13.9. The predicted molar refractivity (Wildman–Crippen MR) is 99.6 cm³/mol. The summed E-state index contributed by atoms with van der Waals surface area (Å²) in [5.74, 6) is -1.27. The lowest BCUT2D eigenvalue weighted by Crippen LogP contribution is -2.44. The van der Waals surface area contributed by atoms with Crippen LogP contribution in [-0.4, -0.2) is 29.8 Å². The highest BCUT2D eigenvalue weighted by Crippen LogP contribution is 2.22. The standard InChI is InChI=1S/C21H23FN2O2/c1-14-10-15(2)12-17(11-14)23-20(25)16-6-5-9-24(13-16)21(26)18-7-3-4-8-19(18)22/h3-4,7-8,10-12,16H,5-6,9,13H2,1-2H3,(H,23,25)/t16-/m0/s1. The molecule has 2 aromatic rings. The lowest BCUT2D eigenvalue weighted by molar-refractivity contribution is -0.121. The molecule has 0 spiro atoms. The predicted octanol–water partition coefficient (Wildman–Crippen LogP) is 3.93. The molecule has 0 saturated carbocycles. The van der Waals surface area contributed by atoms with Gasteiger partial charge in [0, 0.05) is 18.8 Å². The number of halogens is 1. The Bertz CT molecular complexity index is 814. The average molecular weight is 354 g/mol. The molecular weight excluding hydrogens is 331 g/mol. The third kappa shape index (κ3) is 4.10. The molecule has 2 aromatic carbocycles. The summed E-state index contributed by atoms with van der Waals surface area (Å²) in [5.41, 5.74) is 2.99. The quantitative estimate of drug-likeness (QED) is 0.908. The van der Waals surface area contributed by atoms with Crippen molar-refractivity contribution < 1.29 is 14.0 Å². The van der Waals surface area contributed by atoms with Gasteiger partial charge in [0.2, 0.25) is 5.91 Å². The summed E-state index contributed by atoms with van der Waals surface area (Å²) in [5, 5.41) is 2.95. The van der Waals surface area contributed by atoms with E-state index >= 15 is 0 Å². The van der Waals surface area contributed by atoms with Gasteiger partial charge in [-0.3, -0.25) is 9.59 Å². The Morgan fingerprint density at radius 3 is 2.50 bits per heavy atom. The van der Waals surface area contributed by atoms with E-state index in [1.807, 2.05) is 32.0 Å². The first-order valence-corrected chi connectivity index (χ1v) is 8.87. The highest BCUT2D eigenvalue weighted by atomic mass is 19.1. The molecule has 136 valence electrons. The SMILES string of the molecule is Cc1cc(C)cc(NC(=O)[C@H]2CCCN(C(=O)c3ccccc3F)C2)c1. The van der Waals surface area contributed by atoms with Crippen molar-refractivity contribution in [2.24, 2.45) is 5.92 Å². The topological polar surface area (TPSA) is 49.4 Å². The van der Waals surface area contributed by atoms with Crippen LogP contribution in [0.25, 0.3) is 0 Å². The molecule has 3 rings (SSSR count). The number of anilines is 1. The summed E-state index contributed by atoms with van der Waals surface area (Å²) in [6.45, 7) is 4.82. The van der Waals surface area contributed by atoms with Crippen LogP contribution in [-0.2, 0) is 4.79 Å². The zero-order chi connectivity index (χ0) is 18.7. The third-order valence-corrected chi connectivity index (χ3v) is 4.67. The number of rotatable bonds is 3. The Hall–Kier alpha value is -2.69. The molecule has 0 radical (unpaired) electrons. The molecule has 1 saturated heterocycles. The minimum atomic E-state index is -0.528. The Morgan fingerprint density at radius 2 is 1.81 bits per heavy atom. The van der Waals surface area contributed by atoms with E-state index in [0.29, 0.717) is 13.1 Å². The van der Waals surface area contributed by atoms with Gasteiger partial charge in [-0.05, 0) is 62.1 Å². The van der Waals surface area contributed by atoms with Crippen LogP contribution >= 0.6 is 0 Å². The van der Waals surface area contributed by atoms with Gasteiger partial charge in [0.1, 0.15) is 5.82 Å². The molecule has 0 unspecified atom stereocenters. The summed E-state index contributed by atoms with van der Waals surface area (Å²) in [4.78, 5) is 26.8. The zero-order valence-electron chi connectivity index (χ0n) is 15.1. The van der Waals surface area contributed by atoms with Crippen LogP contribution in [0.3, 0.4) is 0 Å². The smallest absolute Gasteiger partial charge is 0.256 e. The summed E-state index contributed by atoms with van der Waals surface area (Å²) in [7, 11) is 0. The molecule has 1 fully saturated rings. The Labute approximate surface area is 153 Å². The summed E-state index contributed by atoms with van der Waals surface area (Å²) >= 11 is 0. The van der Waals surface area contributed by atoms with E-state index in [0.717, 1.165) is 29.7 Å². The van der Waals surface area contributed by atoms with Crippen LogP contribution in [0.5, 0.6) is 0 Å². The van der Waals surface area contributed by atoms with Gasteiger partial charge in [-0.2, -0.15) is 0 Å². The molecule has 5 heteroatoms. The van der Waals surface area contributed by atoms with Gasteiger partial charge in [-0.25, -0.2) is 4.39 Å². The van der Waals surface area contributed by atoms with Crippen molar-refractivity contribution in [3.63, 3.8) is 0 Å². The third-order valence-electron chi connectivity index (χ3n) is 4.67. The van der Waals surface area contributed by atoms with Crippen LogP contribution < -0.4 is 5.32 Å². The van der Waals surface area contributed by atoms with Gasteiger partial charge in [-0.1, -0.05) is 18.2 Å². The highest BCUT2D eigenvalue weighted by Gasteiger charge is 2.29. The average Bonchev–Trinajstić information content (AvgIpc) is 2.61. The van der Waals surface area contributed by atoms with Crippen molar-refractivity contribution in [3.8, 4) is 0 Å². The summed E-state index contributed by atoms with van der Waals surface area (Å²) in [6, 6.07) is 11.9. The molecule has 1 aliphatic heterocycles. The maximum atomic E-state index is 13.9. The second-order valence-electron chi connectivity index (χ2n) is 6.94. The number of hydrogen-bond donors (Lipinski definition) is 1. The fraction of sp³-hybridized carbons (Fsp3) is 0.333. The zero-order valence-corrected chi connectivity index (χ0v) is 15.1. The molecule has 1 N–H and O–H groups in total. The molecule has 4 nitrogen and oxygen atoms in total. The van der Waals surface area contributed by atoms with Gasteiger partial charge < -0.3 is 10.2 Å². The van der Waals surface area contributed by atoms with E-state index in [1.54, 1.807) is 17.0 Å². The Kier molecular flexibility index (Phi) is 5.35. The molecule has 0 aliphatic carbocycles. The summed E-state index contributed by atoms with van der Waals surface area (Å²) < 4.78 is 13.9. The Balaban J connectivity index is 1.69. The second-order valence-corrected chi connectivity index (χ2v) is 6.94. The van der Waals surface area contributed by atoms with Crippen molar-refractivity contribution in [2.75, 3.05) is 18.4 Å². The number of amides is 2. The van der Waals surface area contributed by atoms with E-state index in [2.05, 4.69) is 5.32 Å². The molecule has 1 heterocycles. The first-order chi connectivity index (χ1) is 12.4. The van der Waals surface area contributed by atoms with Crippen molar-refractivity contribution in [3.05, 3.63) is 65.0 Å². The molecule has 1 atom stereocenters. The van der Waals surface area contributed by atoms with Crippen LogP contribution in [0.2, 0.25) is 0 Å². The van der Waals surface area contributed by atoms with Gasteiger partial charge in [-0.15, -0.1) is 0 Å². The maximum Gasteiger partial charge on any atom is 0.256 e. The van der Waals surface area contributed by atoms with E-state index in [1.165, 1.54) is 12.1 Å². The fourth-order valence-corrected chi connectivity index (χ4v) is 3.47. The number of nitrogens with zero attached hydrogens (tertiary/aromatic N) is 1. The first kappa shape index (κ1) is 18.1. The lowest BCUT2D eigenvalue weighted by atomic mass is 9.96. The van der Waals surface area contributed by atoms with Crippen molar-refractivity contribution >= 4 is 17.5 Å².